The zero-order valence-electron chi connectivity index (χ0n) is 17.9. The largest absolute Gasteiger partial charge is 0.494 e. The van der Waals surface area contributed by atoms with Gasteiger partial charge in [0.05, 0.1) is 29.6 Å². The van der Waals surface area contributed by atoms with Crippen LogP contribution in [0.4, 0.5) is 5.69 Å². The summed E-state index contributed by atoms with van der Waals surface area (Å²) in [6.07, 6.45) is 3.22. The molecule has 2 aromatic carbocycles. The van der Waals surface area contributed by atoms with Gasteiger partial charge >= 0.3 is 0 Å². The average Bonchev–Trinajstić information content (AvgIpc) is 3.18. The Kier molecular flexibility index (Phi) is 8.06. The Balaban J connectivity index is 1.64. The van der Waals surface area contributed by atoms with Crippen LogP contribution in [0.2, 0.25) is 0 Å². The molecule has 0 atom stereocenters. The number of nitrogens with one attached hydrogen (secondary N) is 1. The maximum Gasteiger partial charge on any atom is 0.248 e. The van der Waals surface area contributed by atoms with Crippen molar-refractivity contribution in [1.82, 2.24) is 4.98 Å². The van der Waals surface area contributed by atoms with Crippen LogP contribution in [0.1, 0.15) is 30.1 Å². The summed E-state index contributed by atoms with van der Waals surface area (Å²) >= 11 is 1.60. The van der Waals surface area contributed by atoms with Gasteiger partial charge in [0, 0.05) is 17.5 Å². The highest BCUT2D eigenvalue weighted by atomic mass is 32.1. The van der Waals surface area contributed by atoms with Gasteiger partial charge in [-0.2, -0.15) is 0 Å². The molecule has 1 heterocycles. The van der Waals surface area contributed by atoms with Crippen molar-refractivity contribution in [3.63, 3.8) is 0 Å². The Morgan fingerprint density at radius 1 is 1.06 bits per heavy atom. The second-order valence-electron chi connectivity index (χ2n) is 6.57. The summed E-state index contributed by atoms with van der Waals surface area (Å²) in [6.45, 7) is 7.23. The van der Waals surface area contributed by atoms with Gasteiger partial charge in [-0.15, -0.1) is 11.3 Å². The number of amides is 1. The summed E-state index contributed by atoms with van der Waals surface area (Å²) in [5, 5.41) is 5.86. The van der Waals surface area contributed by atoms with E-state index in [0.29, 0.717) is 37.0 Å². The summed E-state index contributed by atoms with van der Waals surface area (Å²) < 4.78 is 16.9. The van der Waals surface area contributed by atoms with E-state index in [2.05, 4.69) is 10.3 Å². The summed E-state index contributed by atoms with van der Waals surface area (Å²) in [4.78, 5) is 16.9. The molecule has 0 fully saturated rings. The molecule has 0 aliphatic carbocycles. The molecule has 1 amide bonds. The standard InChI is InChI=1S/C24H26N2O4S/c1-4-28-21-10-11-23(29-5-2)22(14-21)26-24(27)12-9-18-7-6-8-20(13-18)30-15-19-16-31-17(3)25-19/h6-14,16H,4-5,15H2,1-3H3,(H,26,27)/b12-9+. The third kappa shape index (κ3) is 6.86. The monoisotopic (exact) mass is 438 g/mol. The number of ether oxygens (including phenoxy) is 3. The van der Waals surface area contributed by atoms with Crippen LogP contribution >= 0.6 is 11.3 Å². The molecule has 0 unspecified atom stereocenters. The van der Waals surface area contributed by atoms with Crippen molar-refractivity contribution < 1.29 is 19.0 Å². The minimum Gasteiger partial charge on any atom is -0.494 e. The summed E-state index contributed by atoms with van der Waals surface area (Å²) in [5.41, 5.74) is 2.33. The molecule has 0 spiro atoms. The number of thiazole rings is 1. The highest BCUT2D eigenvalue weighted by Crippen LogP contribution is 2.29. The van der Waals surface area contributed by atoms with Gasteiger partial charge in [0.25, 0.3) is 0 Å². The number of carbonyl (C=O) groups is 1. The van der Waals surface area contributed by atoms with Crippen LogP contribution in [-0.2, 0) is 11.4 Å². The summed E-state index contributed by atoms with van der Waals surface area (Å²) in [6, 6.07) is 12.9. The Morgan fingerprint density at radius 2 is 1.87 bits per heavy atom. The van der Waals surface area contributed by atoms with Gasteiger partial charge in [-0.1, -0.05) is 12.1 Å². The molecule has 1 aromatic heterocycles. The Labute approximate surface area is 186 Å². The van der Waals surface area contributed by atoms with Crippen molar-refractivity contribution in [3.05, 3.63) is 70.2 Å². The number of nitrogens with zero attached hydrogens (tertiary/aromatic N) is 1. The molecule has 0 bridgehead atoms. The molecule has 0 saturated heterocycles. The van der Waals surface area contributed by atoms with Gasteiger partial charge in [-0.25, -0.2) is 4.98 Å². The van der Waals surface area contributed by atoms with Crippen molar-refractivity contribution in [1.29, 1.82) is 0 Å². The van der Waals surface area contributed by atoms with Crippen LogP contribution in [0.25, 0.3) is 6.08 Å². The van der Waals surface area contributed by atoms with Gasteiger partial charge < -0.3 is 19.5 Å². The molecular formula is C24H26N2O4S. The molecule has 1 N–H and O–H groups in total. The molecule has 6 nitrogen and oxygen atoms in total. The SMILES string of the molecule is CCOc1ccc(OCC)c(NC(=O)/C=C/c2cccc(OCc3csc(C)n3)c2)c1. The molecule has 0 radical (unpaired) electrons. The quantitative estimate of drug-likeness (QED) is 0.425. The maximum atomic E-state index is 12.5. The molecule has 3 aromatic rings. The molecule has 0 saturated carbocycles. The van der Waals surface area contributed by atoms with Crippen LogP contribution in [0.3, 0.4) is 0 Å². The fourth-order valence-corrected chi connectivity index (χ4v) is 3.43. The second kappa shape index (κ2) is 11.2. The van der Waals surface area contributed by atoms with E-state index in [9.17, 15) is 4.79 Å². The molecule has 31 heavy (non-hydrogen) atoms. The van der Waals surface area contributed by atoms with E-state index in [0.717, 1.165) is 22.0 Å². The lowest BCUT2D eigenvalue weighted by Gasteiger charge is -2.12. The lowest BCUT2D eigenvalue weighted by Crippen LogP contribution is -2.10. The minimum atomic E-state index is -0.265. The predicted octanol–water partition coefficient (Wildman–Crippen LogP) is 5.48. The van der Waals surface area contributed by atoms with E-state index in [1.807, 2.05) is 56.5 Å². The van der Waals surface area contributed by atoms with Crippen molar-refractivity contribution in [2.75, 3.05) is 18.5 Å². The van der Waals surface area contributed by atoms with Crippen molar-refractivity contribution in [3.8, 4) is 17.2 Å². The average molecular weight is 439 g/mol. The second-order valence-corrected chi connectivity index (χ2v) is 7.63. The lowest BCUT2D eigenvalue weighted by atomic mass is 10.2. The van der Waals surface area contributed by atoms with Crippen LogP contribution in [0.5, 0.6) is 17.2 Å². The third-order valence-electron chi connectivity index (χ3n) is 4.16. The van der Waals surface area contributed by atoms with Crippen LogP contribution in [0.15, 0.2) is 53.9 Å². The van der Waals surface area contributed by atoms with Crippen LogP contribution in [0, 0.1) is 6.92 Å². The van der Waals surface area contributed by atoms with Crippen LogP contribution < -0.4 is 19.5 Å². The number of benzene rings is 2. The zero-order chi connectivity index (χ0) is 22.1. The number of anilines is 1. The van der Waals surface area contributed by atoms with E-state index in [4.69, 9.17) is 14.2 Å². The summed E-state index contributed by atoms with van der Waals surface area (Å²) in [7, 11) is 0. The fraction of sp³-hybridized carbons (Fsp3) is 0.250. The highest BCUT2D eigenvalue weighted by Gasteiger charge is 2.08. The first-order chi connectivity index (χ1) is 15.1. The normalized spacial score (nSPS) is 10.8. The molecule has 0 aliphatic heterocycles. The Hall–Kier alpha value is -3.32. The number of aromatic nitrogens is 1. The number of hydrogen-bond donors (Lipinski definition) is 1. The van der Waals surface area contributed by atoms with E-state index in [1.54, 1.807) is 29.5 Å². The molecular weight excluding hydrogens is 412 g/mol. The Morgan fingerprint density at radius 3 is 2.61 bits per heavy atom. The maximum absolute atomic E-state index is 12.5. The first-order valence-electron chi connectivity index (χ1n) is 10.1. The minimum absolute atomic E-state index is 0.265. The molecule has 0 aliphatic rings. The lowest BCUT2D eigenvalue weighted by molar-refractivity contribution is -0.111. The Bertz CT molecular complexity index is 1050. The number of carbonyl (C=O) groups excluding carboxylic acids is 1. The van der Waals surface area contributed by atoms with E-state index in [1.165, 1.54) is 6.08 Å². The van der Waals surface area contributed by atoms with Crippen molar-refractivity contribution in [2.45, 2.75) is 27.4 Å². The number of aryl methyl sites for hydroxylation is 1. The first kappa shape index (κ1) is 22.4. The van der Waals surface area contributed by atoms with Crippen molar-refractivity contribution >= 4 is 29.0 Å². The predicted molar refractivity (Wildman–Crippen MR) is 124 cm³/mol. The van der Waals surface area contributed by atoms with E-state index in [-0.39, 0.29) is 5.91 Å². The molecule has 7 heteroatoms. The molecule has 3 rings (SSSR count). The number of rotatable bonds is 10. The smallest absolute Gasteiger partial charge is 0.248 e. The topological polar surface area (TPSA) is 69.7 Å². The third-order valence-corrected chi connectivity index (χ3v) is 4.98. The summed E-state index contributed by atoms with van der Waals surface area (Å²) in [5.74, 6) is 1.72. The van der Waals surface area contributed by atoms with Crippen molar-refractivity contribution in [2.24, 2.45) is 0 Å². The fourth-order valence-electron chi connectivity index (χ4n) is 2.83. The van der Waals surface area contributed by atoms with Gasteiger partial charge in [0.15, 0.2) is 0 Å². The van der Waals surface area contributed by atoms with Gasteiger partial charge in [0.2, 0.25) is 5.91 Å². The van der Waals surface area contributed by atoms with Gasteiger partial charge in [-0.3, -0.25) is 4.79 Å². The first-order valence-corrected chi connectivity index (χ1v) is 11.0. The van der Waals surface area contributed by atoms with E-state index >= 15 is 0 Å². The van der Waals surface area contributed by atoms with E-state index < -0.39 is 0 Å². The van der Waals surface area contributed by atoms with Gasteiger partial charge in [-0.05, 0) is 56.7 Å². The number of hydrogen-bond acceptors (Lipinski definition) is 6. The van der Waals surface area contributed by atoms with Crippen LogP contribution in [-0.4, -0.2) is 24.1 Å². The van der Waals surface area contributed by atoms with Gasteiger partial charge in [0.1, 0.15) is 23.9 Å². The zero-order valence-corrected chi connectivity index (χ0v) is 18.7. The highest BCUT2D eigenvalue weighted by molar-refractivity contribution is 7.09. The molecule has 162 valence electrons.